The van der Waals surface area contributed by atoms with Gasteiger partial charge >= 0.3 is 0 Å². The fraction of sp³-hybridized carbons (Fsp3) is 0.435. The first-order valence-electron chi connectivity index (χ1n) is 9.99. The molecular formula is C23H30N2O3S. The largest absolute Gasteiger partial charge is 0.497 e. The third-order valence-corrected chi connectivity index (χ3v) is 6.14. The lowest BCUT2D eigenvalue weighted by Gasteiger charge is -2.26. The first-order valence-corrected chi connectivity index (χ1v) is 11.1. The summed E-state index contributed by atoms with van der Waals surface area (Å²) in [5, 5.41) is 3.09. The van der Waals surface area contributed by atoms with Gasteiger partial charge in [0.2, 0.25) is 5.91 Å². The van der Waals surface area contributed by atoms with Gasteiger partial charge in [0.25, 0.3) is 0 Å². The first-order chi connectivity index (χ1) is 14.1. The van der Waals surface area contributed by atoms with E-state index in [4.69, 9.17) is 9.47 Å². The molecule has 2 aromatic carbocycles. The van der Waals surface area contributed by atoms with Crippen LogP contribution in [0.1, 0.15) is 23.1 Å². The van der Waals surface area contributed by atoms with Gasteiger partial charge in [-0.3, -0.25) is 9.69 Å². The Balaban J connectivity index is 1.61. The standard InChI is InChI=1S/C23H30N2O3S/c1-17-4-5-18(16-25-10-12-29-13-11-25)14-21(17)24-23(26)9-6-19-15-20(27-2)7-8-22(19)28-3/h4-5,7-8,14-15H,6,9-13,16H2,1-3H3,(H,24,26). The Kier molecular flexibility index (Phi) is 7.83. The van der Waals surface area contributed by atoms with E-state index in [1.54, 1.807) is 14.2 Å². The summed E-state index contributed by atoms with van der Waals surface area (Å²) in [5.74, 6) is 3.94. The summed E-state index contributed by atoms with van der Waals surface area (Å²) < 4.78 is 10.7. The zero-order valence-electron chi connectivity index (χ0n) is 17.5. The molecule has 0 spiro atoms. The van der Waals surface area contributed by atoms with Crippen LogP contribution < -0.4 is 14.8 Å². The highest BCUT2D eigenvalue weighted by Gasteiger charge is 2.13. The minimum Gasteiger partial charge on any atom is -0.497 e. The van der Waals surface area contributed by atoms with Crippen LogP contribution in [0.2, 0.25) is 0 Å². The topological polar surface area (TPSA) is 50.8 Å². The van der Waals surface area contributed by atoms with E-state index in [1.807, 2.05) is 36.9 Å². The van der Waals surface area contributed by atoms with Gasteiger partial charge in [-0.15, -0.1) is 0 Å². The van der Waals surface area contributed by atoms with Gasteiger partial charge in [0.05, 0.1) is 14.2 Å². The lowest BCUT2D eigenvalue weighted by molar-refractivity contribution is -0.116. The minimum absolute atomic E-state index is 0.00416. The van der Waals surface area contributed by atoms with Crippen molar-refractivity contribution >= 4 is 23.4 Å². The zero-order valence-corrected chi connectivity index (χ0v) is 18.3. The van der Waals surface area contributed by atoms with Crippen LogP contribution in [0, 0.1) is 6.92 Å². The number of rotatable bonds is 8. The second-order valence-corrected chi connectivity index (χ2v) is 8.49. The normalized spacial score (nSPS) is 14.4. The molecule has 0 bridgehead atoms. The molecular weight excluding hydrogens is 384 g/mol. The highest BCUT2D eigenvalue weighted by atomic mass is 32.2. The molecule has 0 radical (unpaired) electrons. The molecule has 29 heavy (non-hydrogen) atoms. The molecule has 3 rings (SSSR count). The third-order valence-electron chi connectivity index (χ3n) is 5.19. The molecule has 5 nitrogen and oxygen atoms in total. The second-order valence-electron chi connectivity index (χ2n) is 7.26. The molecule has 1 N–H and O–H groups in total. The van der Waals surface area contributed by atoms with Gasteiger partial charge in [0.15, 0.2) is 0 Å². The molecule has 6 heteroatoms. The number of anilines is 1. The molecule has 2 aromatic rings. The van der Waals surface area contributed by atoms with Gasteiger partial charge in [-0.05, 0) is 54.3 Å². The molecule has 0 aromatic heterocycles. The van der Waals surface area contributed by atoms with Crippen LogP contribution in [0.15, 0.2) is 36.4 Å². The average Bonchev–Trinajstić information content (AvgIpc) is 2.75. The number of aryl methyl sites for hydroxylation is 2. The Morgan fingerprint density at radius 2 is 1.90 bits per heavy atom. The van der Waals surface area contributed by atoms with Crippen molar-refractivity contribution in [2.45, 2.75) is 26.3 Å². The van der Waals surface area contributed by atoms with Gasteiger partial charge in [0.1, 0.15) is 11.5 Å². The van der Waals surface area contributed by atoms with Crippen LogP contribution in [-0.4, -0.2) is 49.6 Å². The van der Waals surface area contributed by atoms with E-state index >= 15 is 0 Å². The fourth-order valence-corrected chi connectivity index (χ4v) is 4.44. The molecule has 1 heterocycles. The van der Waals surface area contributed by atoms with Crippen LogP contribution >= 0.6 is 11.8 Å². The summed E-state index contributed by atoms with van der Waals surface area (Å²) in [6.45, 7) is 5.22. The van der Waals surface area contributed by atoms with Crippen molar-refractivity contribution in [3.63, 3.8) is 0 Å². The highest BCUT2D eigenvalue weighted by Crippen LogP contribution is 2.25. The van der Waals surface area contributed by atoms with Crippen LogP contribution in [-0.2, 0) is 17.8 Å². The van der Waals surface area contributed by atoms with Gasteiger partial charge in [0, 0.05) is 43.2 Å². The molecule has 1 aliphatic heterocycles. The van der Waals surface area contributed by atoms with Crippen molar-refractivity contribution in [2.75, 3.05) is 44.1 Å². The quantitative estimate of drug-likeness (QED) is 0.704. The highest BCUT2D eigenvalue weighted by molar-refractivity contribution is 7.99. The van der Waals surface area contributed by atoms with E-state index in [0.29, 0.717) is 12.8 Å². The molecule has 1 fully saturated rings. The van der Waals surface area contributed by atoms with Crippen molar-refractivity contribution in [3.05, 3.63) is 53.1 Å². The molecule has 0 saturated carbocycles. The Labute approximate surface area is 177 Å². The molecule has 156 valence electrons. The number of nitrogens with one attached hydrogen (secondary N) is 1. The number of carbonyl (C=O) groups excluding carboxylic acids is 1. The lowest BCUT2D eigenvalue weighted by atomic mass is 10.1. The van der Waals surface area contributed by atoms with Crippen LogP contribution in [0.5, 0.6) is 11.5 Å². The SMILES string of the molecule is COc1ccc(OC)c(CCC(=O)Nc2cc(CN3CCSCC3)ccc2C)c1. The van der Waals surface area contributed by atoms with Crippen molar-refractivity contribution in [2.24, 2.45) is 0 Å². The number of ether oxygens (including phenoxy) is 2. The summed E-state index contributed by atoms with van der Waals surface area (Å²) in [6.07, 6.45) is 0.979. The smallest absolute Gasteiger partial charge is 0.224 e. The number of hydrogen-bond acceptors (Lipinski definition) is 5. The predicted octanol–water partition coefficient (Wildman–Crippen LogP) is 4.13. The number of benzene rings is 2. The maximum Gasteiger partial charge on any atom is 0.224 e. The van der Waals surface area contributed by atoms with Crippen molar-refractivity contribution < 1.29 is 14.3 Å². The molecule has 0 aliphatic carbocycles. The van der Waals surface area contributed by atoms with E-state index in [-0.39, 0.29) is 5.91 Å². The van der Waals surface area contributed by atoms with E-state index in [1.165, 1.54) is 17.1 Å². The van der Waals surface area contributed by atoms with E-state index < -0.39 is 0 Å². The zero-order chi connectivity index (χ0) is 20.6. The minimum atomic E-state index is 0.00416. The molecule has 1 amide bonds. The molecule has 1 saturated heterocycles. The Morgan fingerprint density at radius 3 is 2.62 bits per heavy atom. The van der Waals surface area contributed by atoms with Gasteiger partial charge in [-0.1, -0.05) is 12.1 Å². The number of thioether (sulfide) groups is 1. The molecule has 1 aliphatic rings. The third kappa shape index (κ3) is 6.15. The summed E-state index contributed by atoms with van der Waals surface area (Å²) in [4.78, 5) is 15.1. The first kappa shape index (κ1) is 21.5. The van der Waals surface area contributed by atoms with E-state index in [9.17, 15) is 4.79 Å². The average molecular weight is 415 g/mol. The maximum absolute atomic E-state index is 12.6. The number of carbonyl (C=O) groups is 1. The van der Waals surface area contributed by atoms with Gasteiger partial charge < -0.3 is 14.8 Å². The molecule has 0 atom stereocenters. The summed E-state index contributed by atoms with van der Waals surface area (Å²) in [5.41, 5.74) is 4.19. The van der Waals surface area contributed by atoms with Crippen molar-refractivity contribution in [3.8, 4) is 11.5 Å². The summed E-state index contributed by atoms with van der Waals surface area (Å²) >= 11 is 2.02. The summed E-state index contributed by atoms with van der Waals surface area (Å²) in [7, 11) is 3.28. The van der Waals surface area contributed by atoms with E-state index in [0.717, 1.165) is 47.9 Å². The molecule has 0 unspecified atom stereocenters. The van der Waals surface area contributed by atoms with E-state index in [2.05, 4.69) is 28.4 Å². The van der Waals surface area contributed by atoms with Crippen LogP contribution in [0.4, 0.5) is 5.69 Å². The maximum atomic E-state index is 12.6. The Hall–Kier alpha value is -2.18. The van der Waals surface area contributed by atoms with Crippen LogP contribution in [0.25, 0.3) is 0 Å². The van der Waals surface area contributed by atoms with Crippen LogP contribution in [0.3, 0.4) is 0 Å². The lowest BCUT2D eigenvalue weighted by Crippen LogP contribution is -2.32. The van der Waals surface area contributed by atoms with Crippen molar-refractivity contribution in [1.82, 2.24) is 4.90 Å². The van der Waals surface area contributed by atoms with Gasteiger partial charge in [-0.25, -0.2) is 0 Å². The monoisotopic (exact) mass is 414 g/mol. The van der Waals surface area contributed by atoms with Gasteiger partial charge in [-0.2, -0.15) is 11.8 Å². The Bertz CT molecular complexity index is 835. The number of methoxy groups -OCH3 is 2. The fourth-order valence-electron chi connectivity index (χ4n) is 3.46. The number of amides is 1. The van der Waals surface area contributed by atoms with Crippen molar-refractivity contribution in [1.29, 1.82) is 0 Å². The number of nitrogens with zero attached hydrogens (tertiary/aromatic N) is 1. The number of hydrogen-bond donors (Lipinski definition) is 1. The Morgan fingerprint density at radius 1 is 1.10 bits per heavy atom. The second kappa shape index (κ2) is 10.6. The predicted molar refractivity (Wildman–Crippen MR) is 120 cm³/mol. The summed E-state index contributed by atoms with van der Waals surface area (Å²) in [6, 6.07) is 12.0.